The van der Waals surface area contributed by atoms with Gasteiger partial charge in [0, 0.05) is 25.8 Å². The minimum atomic E-state index is 0. The third-order valence-corrected chi connectivity index (χ3v) is 8.53. The van der Waals surface area contributed by atoms with Crippen LogP contribution in [0.2, 0.25) is 0 Å². The zero-order valence-corrected chi connectivity index (χ0v) is 27.5. The molecule has 4 rings (SSSR count). The van der Waals surface area contributed by atoms with Gasteiger partial charge in [-0.05, 0) is 55.2 Å². The van der Waals surface area contributed by atoms with Gasteiger partial charge in [-0.3, -0.25) is 4.79 Å². The van der Waals surface area contributed by atoms with Gasteiger partial charge in [0.25, 0.3) is 5.91 Å². The second-order valence-corrected chi connectivity index (χ2v) is 11.4. The normalized spacial score (nSPS) is 14.5. The number of rotatable bonds is 18. The molecule has 0 aliphatic carbocycles. The zero-order chi connectivity index (χ0) is 28.6. The Labute approximate surface area is 270 Å². The molecule has 1 aliphatic rings. The smallest absolute Gasteiger partial charge is 0.278 e. The average Bonchev–Trinajstić information content (AvgIpc) is 3.51. The molecule has 1 saturated heterocycles. The van der Waals surface area contributed by atoms with Crippen molar-refractivity contribution in [2.24, 2.45) is 0 Å². The first-order chi connectivity index (χ1) is 20.2. The van der Waals surface area contributed by atoms with Gasteiger partial charge in [-0.2, -0.15) is 0 Å². The van der Waals surface area contributed by atoms with Crippen LogP contribution in [-0.2, 0) is 17.8 Å². The fourth-order valence-electron chi connectivity index (χ4n) is 6.01. The molecule has 0 saturated carbocycles. The second kappa shape index (κ2) is 18.9. The Bertz CT molecular complexity index is 1140. The predicted octanol–water partition coefficient (Wildman–Crippen LogP) is 4.35. The molecule has 1 amide bonds. The molecule has 1 atom stereocenters. The summed E-state index contributed by atoms with van der Waals surface area (Å²) in [6, 6.07) is 28.6. The van der Waals surface area contributed by atoms with Gasteiger partial charge in [-0.15, -0.1) is 0 Å². The average molecular weight is 685 g/mol. The van der Waals surface area contributed by atoms with Gasteiger partial charge in [0.05, 0.1) is 26.2 Å². The molecule has 42 heavy (non-hydrogen) atoms. The number of benzene rings is 3. The van der Waals surface area contributed by atoms with Crippen molar-refractivity contribution < 1.29 is 42.7 Å². The van der Waals surface area contributed by atoms with Gasteiger partial charge in [0.2, 0.25) is 0 Å². The van der Waals surface area contributed by atoms with E-state index in [1.165, 1.54) is 37.7 Å². The Kier molecular flexibility index (Phi) is 15.2. The summed E-state index contributed by atoms with van der Waals surface area (Å²) in [4.78, 5) is 13.4. The number of nitrogens with zero attached hydrogens (tertiary/aromatic N) is 1. The molecule has 0 spiro atoms. The van der Waals surface area contributed by atoms with Crippen LogP contribution >= 0.6 is 0 Å². The summed E-state index contributed by atoms with van der Waals surface area (Å²) in [6.45, 7) is 7.62. The number of carbonyl (C=O) groups is 1. The molecule has 0 aromatic heterocycles. The molecule has 1 heterocycles. The van der Waals surface area contributed by atoms with Crippen molar-refractivity contribution in [3.63, 3.8) is 0 Å². The summed E-state index contributed by atoms with van der Waals surface area (Å²) in [6.07, 6.45) is 10.1. The molecule has 1 N–H and O–H groups in total. The lowest BCUT2D eigenvalue weighted by molar-refractivity contribution is -0.930. The first-order valence-electron chi connectivity index (χ1n) is 15.8. The summed E-state index contributed by atoms with van der Waals surface area (Å²) in [7, 11) is 0. The summed E-state index contributed by atoms with van der Waals surface area (Å²) < 4.78 is 12.7. The van der Waals surface area contributed by atoms with E-state index < -0.39 is 0 Å². The largest absolute Gasteiger partial charge is 1.00 e. The monoisotopic (exact) mass is 684 g/mol. The number of ether oxygens (including phenoxy) is 2. The SMILES string of the molecule is CC[N+]1(C(Cc2ccccc2)C(=O)NCCCCCCCCOc2ccc(OCc3ccccc3)cc2)CCCC1.[I-]. The minimum absolute atomic E-state index is 0. The minimum Gasteiger partial charge on any atom is -1.00 e. The highest BCUT2D eigenvalue weighted by atomic mass is 127. The lowest BCUT2D eigenvalue weighted by atomic mass is 10.0. The molecule has 6 heteroatoms. The van der Waals surface area contributed by atoms with E-state index in [1.54, 1.807) is 0 Å². The maximum absolute atomic E-state index is 13.4. The van der Waals surface area contributed by atoms with Crippen molar-refractivity contribution in [1.82, 2.24) is 5.32 Å². The van der Waals surface area contributed by atoms with Gasteiger partial charge in [0.1, 0.15) is 18.1 Å². The van der Waals surface area contributed by atoms with Crippen molar-refractivity contribution >= 4 is 5.91 Å². The van der Waals surface area contributed by atoms with E-state index >= 15 is 0 Å². The van der Waals surface area contributed by atoms with E-state index in [0.29, 0.717) is 6.61 Å². The Balaban J connectivity index is 0.00000484. The Hall–Kier alpha value is -2.58. The number of nitrogens with one attached hydrogen (secondary N) is 1. The van der Waals surface area contributed by atoms with Crippen LogP contribution in [0.1, 0.15) is 69.4 Å². The number of hydrogen-bond donors (Lipinski definition) is 1. The fourth-order valence-corrected chi connectivity index (χ4v) is 6.01. The second-order valence-electron chi connectivity index (χ2n) is 11.4. The van der Waals surface area contributed by atoms with Gasteiger partial charge < -0.3 is 43.3 Å². The van der Waals surface area contributed by atoms with Gasteiger partial charge in [-0.1, -0.05) is 86.3 Å². The van der Waals surface area contributed by atoms with Gasteiger partial charge >= 0.3 is 0 Å². The summed E-state index contributed by atoms with van der Waals surface area (Å²) in [5.41, 5.74) is 2.42. The van der Waals surface area contributed by atoms with Crippen molar-refractivity contribution in [3.8, 4) is 11.5 Å². The molecular formula is C36H49IN2O3. The van der Waals surface area contributed by atoms with Crippen LogP contribution in [0.3, 0.4) is 0 Å². The van der Waals surface area contributed by atoms with Crippen LogP contribution in [0.15, 0.2) is 84.9 Å². The third-order valence-electron chi connectivity index (χ3n) is 8.53. The van der Waals surface area contributed by atoms with Crippen molar-refractivity contribution in [1.29, 1.82) is 0 Å². The predicted molar refractivity (Wildman–Crippen MR) is 167 cm³/mol. The molecule has 1 unspecified atom stereocenters. The molecule has 3 aromatic rings. The van der Waals surface area contributed by atoms with E-state index in [0.717, 1.165) is 80.0 Å². The summed E-state index contributed by atoms with van der Waals surface area (Å²) >= 11 is 0. The van der Waals surface area contributed by atoms with Crippen LogP contribution in [0.5, 0.6) is 11.5 Å². The van der Waals surface area contributed by atoms with Crippen molar-refractivity contribution in [2.75, 3.05) is 32.8 Å². The van der Waals surface area contributed by atoms with Crippen LogP contribution in [-0.4, -0.2) is 49.2 Å². The number of carbonyl (C=O) groups excluding carboxylic acids is 1. The zero-order valence-electron chi connectivity index (χ0n) is 25.3. The molecule has 228 valence electrons. The topological polar surface area (TPSA) is 47.6 Å². The highest BCUT2D eigenvalue weighted by Gasteiger charge is 2.42. The fraction of sp³-hybridized carbons (Fsp3) is 0.472. The van der Waals surface area contributed by atoms with E-state index in [1.807, 2.05) is 48.5 Å². The highest BCUT2D eigenvalue weighted by molar-refractivity contribution is 5.81. The third kappa shape index (κ3) is 10.9. The van der Waals surface area contributed by atoms with E-state index in [4.69, 9.17) is 9.47 Å². The molecule has 3 aromatic carbocycles. The lowest BCUT2D eigenvalue weighted by Crippen LogP contribution is -3.00. The van der Waals surface area contributed by atoms with Crippen LogP contribution in [0.25, 0.3) is 0 Å². The van der Waals surface area contributed by atoms with Crippen LogP contribution in [0.4, 0.5) is 0 Å². The molecule has 0 radical (unpaired) electrons. The summed E-state index contributed by atoms with van der Waals surface area (Å²) in [5.74, 6) is 1.98. The van der Waals surface area contributed by atoms with Gasteiger partial charge in [-0.25, -0.2) is 0 Å². The highest BCUT2D eigenvalue weighted by Crippen LogP contribution is 2.26. The van der Waals surface area contributed by atoms with E-state index in [-0.39, 0.29) is 35.9 Å². The molecule has 1 aliphatic heterocycles. The lowest BCUT2D eigenvalue weighted by Gasteiger charge is -2.40. The maximum atomic E-state index is 13.4. The van der Waals surface area contributed by atoms with Crippen LogP contribution in [0, 0.1) is 0 Å². The molecular weight excluding hydrogens is 635 g/mol. The number of amides is 1. The summed E-state index contributed by atoms with van der Waals surface area (Å²) in [5, 5.41) is 3.30. The molecule has 1 fully saturated rings. The number of likely N-dealkylation sites (tertiary alicyclic amines) is 1. The number of halogens is 1. The first-order valence-corrected chi connectivity index (χ1v) is 15.8. The van der Waals surface area contributed by atoms with Gasteiger partial charge in [0.15, 0.2) is 6.04 Å². The first kappa shape index (κ1) is 33.9. The van der Waals surface area contributed by atoms with Crippen LogP contribution < -0.4 is 38.8 Å². The quantitative estimate of drug-likeness (QED) is 0.123. The van der Waals surface area contributed by atoms with E-state index in [2.05, 4.69) is 48.6 Å². The Morgan fingerprint density at radius 2 is 1.29 bits per heavy atom. The van der Waals surface area contributed by atoms with Crippen molar-refractivity contribution in [3.05, 3.63) is 96.1 Å². The van der Waals surface area contributed by atoms with E-state index in [9.17, 15) is 4.79 Å². The number of likely N-dealkylation sites (N-methyl/N-ethyl adjacent to an activating group) is 1. The molecule has 0 bridgehead atoms. The Morgan fingerprint density at radius 3 is 1.90 bits per heavy atom. The standard InChI is InChI=1S/C36H48N2O3.HI/c1-2-38(26-14-15-27-38)35(29-31-17-9-7-10-18-31)36(39)37-25-13-5-3-4-6-16-28-40-33-21-23-34(24-22-33)41-30-32-19-11-8-12-20-32;/h7-12,17-24,35H,2-6,13-16,25-30H2,1H3;1H. The number of hydrogen-bond acceptors (Lipinski definition) is 3. The maximum Gasteiger partial charge on any atom is 0.278 e. The Morgan fingerprint density at radius 1 is 0.738 bits per heavy atom. The number of unbranched alkanes of at least 4 members (excludes halogenated alkanes) is 5. The van der Waals surface area contributed by atoms with Crippen molar-refractivity contribution in [2.45, 2.75) is 77.4 Å². The number of quaternary nitrogens is 1. The molecule has 5 nitrogen and oxygen atoms in total.